The lowest BCUT2D eigenvalue weighted by atomic mass is 10.0. The summed E-state index contributed by atoms with van der Waals surface area (Å²) in [5.74, 6) is -0.158. The second-order valence-electron chi connectivity index (χ2n) is 3.38. The summed E-state index contributed by atoms with van der Waals surface area (Å²) in [5.41, 5.74) is 1.63. The molecule has 0 fully saturated rings. The average molecular weight is 197 g/mol. The zero-order chi connectivity index (χ0) is 10.1. The van der Waals surface area contributed by atoms with Crippen molar-refractivity contribution in [1.29, 1.82) is 0 Å². The van der Waals surface area contributed by atoms with Gasteiger partial charge in [0.1, 0.15) is 0 Å². The Morgan fingerprint density at radius 2 is 2.36 bits per heavy atom. The van der Waals surface area contributed by atoms with Gasteiger partial charge >= 0.3 is 0 Å². The maximum atomic E-state index is 13.2. The van der Waals surface area contributed by atoms with Crippen molar-refractivity contribution in [3.8, 4) is 5.75 Å². The van der Waals surface area contributed by atoms with Crippen LogP contribution >= 0.6 is 0 Å². The van der Waals surface area contributed by atoms with Crippen molar-refractivity contribution >= 4 is 5.69 Å². The van der Waals surface area contributed by atoms with Crippen LogP contribution in [-0.4, -0.2) is 24.9 Å². The summed E-state index contributed by atoms with van der Waals surface area (Å²) in [5, 5.41) is 12.4. The molecule has 1 atom stereocenters. The molecule has 0 saturated carbocycles. The quantitative estimate of drug-likeness (QED) is 0.710. The van der Waals surface area contributed by atoms with Crippen LogP contribution in [0.25, 0.3) is 0 Å². The Bertz CT molecular complexity index is 354. The van der Waals surface area contributed by atoms with E-state index in [0.29, 0.717) is 13.0 Å². The van der Waals surface area contributed by atoms with Crippen molar-refractivity contribution < 1.29 is 14.2 Å². The minimum Gasteiger partial charge on any atom is -0.494 e. The molecule has 1 heterocycles. The molecule has 0 spiro atoms. The Kier molecular flexibility index (Phi) is 2.29. The number of anilines is 1. The molecule has 14 heavy (non-hydrogen) atoms. The summed E-state index contributed by atoms with van der Waals surface area (Å²) < 4.78 is 18.1. The maximum Gasteiger partial charge on any atom is 0.167 e. The number of aliphatic hydroxyl groups is 1. The molecule has 1 aromatic carbocycles. The molecule has 76 valence electrons. The fourth-order valence-electron chi connectivity index (χ4n) is 1.64. The Hall–Kier alpha value is -1.29. The molecule has 0 aliphatic carbocycles. The van der Waals surface area contributed by atoms with E-state index in [1.807, 2.05) is 0 Å². The molecule has 0 bridgehead atoms. The van der Waals surface area contributed by atoms with Crippen LogP contribution < -0.4 is 10.1 Å². The van der Waals surface area contributed by atoms with Gasteiger partial charge in [0.05, 0.1) is 13.2 Å². The van der Waals surface area contributed by atoms with Crippen molar-refractivity contribution in [1.82, 2.24) is 0 Å². The van der Waals surface area contributed by atoms with E-state index in [1.165, 1.54) is 13.2 Å². The molecule has 0 amide bonds. The first-order chi connectivity index (χ1) is 6.70. The second-order valence-corrected chi connectivity index (χ2v) is 3.38. The normalized spacial score (nSPS) is 19.8. The molecule has 1 aliphatic heterocycles. The minimum absolute atomic E-state index is 0.222. The summed E-state index contributed by atoms with van der Waals surface area (Å²) in [7, 11) is 1.43. The van der Waals surface area contributed by atoms with Crippen molar-refractivity contribution in [3.05, 3.63) is 23.5 Å². The van der Waals surface area contributed by atoms with Crippen LogP contribution in [0.15, 0.2) is 12.1 Å². The number of hydrogen-bond donors (Lipinski definition) is 2. The SMILES string of the molecule is COc1cc2c(cc1F)NCC(O)C2. The molecular formula is C10H12FNO2. The molecule has 0 aromatic heterocycles. The largest absolute Gasteiger partial charge is 0.494 e. The van der Waals surface area contributed by atoms with Gasteiger partial charge in [0, 0.05) is 24.7 Å². The molecule has 1 aliphatic rings. The zero-order valence-corrected chi connectivity index (χ0v) is 7.88. The van der Waals surface area contributed by atoms with E-state index < -0.39 is 6.10 Å². The summed E-state index contributed by atoms with van der Waals surface area (Å²) >= 11 is 0. The number of methoxy groups -OCH3 is 1. The summed E-state index contributed by atoms with van der Waals surface area (Å²) in [6.07, 6.45) is 0.136. The van der Waals surface area contributed by atoms with Crippen molar-refractivity contribution in [2.45, 2.75) is 12.5 Å². The van der Waals surface area contributed by atoms with Gasteiger partial charge in [-0.25, -0.2) is 4.39 Å². The van der Waals surface area contributed by atoms with Crippen LogP contribution in [0.5, 0.6) is 5.75 Å². The lowest BCUT2D eigenvalue weighted by Crippen LogP contribution is -2.27. The van der Waals surface area contributed by atoms with Gasteiger partial charge in [-0.05, 0) is 11.6 Å². The first-order valence-corrected chi connectivity index (χ1v) is 4.49. The van der Waals surface area contributed by atoms with E-state index in [4.69, 9.17) is 4.74 Å². The van der Waals surface area contributed by atoms with Gasteiger partial charge in [-0.2, -0.15) is 0 Å². The fraction of sp³-hybridized carbons (Fsp3) is 0.400. The highest BCUT2D eigenvalue weighted by Crippen LogP contribution is 2.29. The third-order valence-electron chi connectivity index (χ3n) is 2.36. The number of fused-ring (bicyclic) bond motifs is 1. The lowest BCUT2D eigenvalue weighted by Gasteiger charge is -2.23. The fourth-order valence-corrected chi connectivity index (χ4v) is 1.64. The topological polar surface area (TPSA) is 41.5 Å². The van der Waals surface area contributed by atoms with Gasteiger partial charge in [0.2, 0.25) is 0 Å². The van der Waals surface area contributed by atoms with Crippen LogP contribution in [0.1, 0.15) is 5.56 Å². The van der Waals surface area contributed by atoms with E-state index in [0.717, 1.165) is 11.3 Å². The lowest BCUT2D eigenvalue weighted by molar-refractivity contribution is 0.184. The number of halogens is 1. The van der Waals surface area contributed by atoms with Crippen molar-refractivity contribution in [2.75, 3.05) is 19.0 Å². The highest BCUT2D eigenvalue weighted by Gasteiger charge is 2.18. The van der Waals surface area contributed by atoms with Gasteiger partial charge in [0.25, 0.3) is 0 Å². The average Bonchev–Trinajstić information content (AvgIpc) is 2.17. The molecule has 1 aromatic rings. The Morgan fingerprint density at radius 1 is 1.57 bits per heavy atom. The number of hydrogen-bond acceptors (Lipinski definition) is 3. The van der Waals surface area contributed by atoms with Crippen LogP contribution in [0.3, 0.4) is 0 Å². The molecule has 1 unspecified atom stereocenters. The smallest absolute Gasteiger partial charge is 0.167 e. The number of nitrogens with one attached hydrogen (secondary N) is 1. The summed E-state index contributed by atoms with van der Waals surface area (Å²) in [6, 6.07) is 3.03. The molecule has 2 rings (SSSR count). The number of benzene rings is 1. The van der Waals surface area contributed by atoms with Crippen molar-refractivity contribution in [2.24, 2.45) is 0 Å². The summed E-state index contributed by atoms with van der Waals surface area (Å²) in [4.78, 5) is 0. The number of aliphatic hydroxyl groups excluding tert-OH is 1. The van der Waals surface area contributed by atoms with Gasteiger partial charge in [-0.15, -0.1) is 0 Å². The standard InChI is InChI=1S/C10H12FNO2/c1-14-10-3-6-2-7(13)5-12-9(6)4-8(10)11/h3-4,7,12-13H,2,5H2,1H3. The van der Waals surface area contributed by atoms with E-state index >= 15 is 0 Å². The maximum absolute atomic E-state index is 13.2. The monoisotopic (exact) mass is 197 g/mol. The first-order valence-electron chi connectivity index (χ1n) is 4.49. The Balaban J connectivity index is 2.41. The van der Waals surface area contributed by atoms with E-state index in [9.17, 15) is 9.50 Å². The van der Waals surface area contributed by atoms with Gasteiger partial charge in [-0.1, -0.05) is 0 Å². The van der Waals surface area contributed by atoms with E-state index in [2.05, 4.69) is 5.32 Å². The zero-order valence-electron chi connectivity index (χ0n) is 7.88. The second kappa shape index (κ2) is 3.46. The molecule has 4 heteroatoms. The van der Waals surface area contributed by atoms with Gasteiger partial charge in [0.15, 0.2) is 11.6 Å². The number of rotatable bonds is 1. The molecule has 0 radical (unpaired) electrons. The predicted octanol–water partition coefficient (Wildman–Crippen LogP) is 1.16. The predicted molar refractivity (Wildman–Crippen MR) is 51.2 cm³/mol. The minimum atomic E-state index is -0.405. The van der Waals surface area contributed by atoms with Crippen LogP contribution in [0.4, 0.5) is 10.1 Å². The van der Waals surface area contributed by atoms with E-state index in [1.54, 1.807) is 6.07 Å². The van der Waals surface area contributed by atoms with Crippen LogP contribution in [0, 0.1) is 5.82 Å². The number of β-amino-alcohol motifs (C(OH)–C–C–N with tert-alkyl or cyclic N) is 1. The number of ether oxygens (including phenoxy) is 1. The third kappa shape index (κ3) is 1.53. The molecular weight excluding hydrogens is 185 g/mol. The van der Waals surface area contributed by atoms with Gasteiger partial charge in [-0.3, -0.25) is 0 Å². The van der Waals surface area contributed by atoms with E-state index in [-0.39, 0.29) is 11.6 Å². The van der Waals surface area contributed by atoms with Gasteiger partial charge < -0.3 is 15.2 Å². The molecule has 0 saturated heterocycles. The highest BCUT2D eigenvalue weighted by molar-refractivity contribution is 5.56. The summed E-state index contributed by atoms with van der Waals surface area (Å²) in [6.45, 7) is 0.471. The first kappa shape index (κ1) is 9.27. The van der Waals surface area contributed by atoms with Crippen LogP contribution in [0.2, 0.25) is 0 Å². The van der Waals surface area contributed by atoms with Crippen LogP contribution in [-0.2, 0) is 6.42 Å². The Labute approximate surface area is 81.5 Å². The van der Waals surface area contributed by atoms with Crippen molar-refractivity contribution in [3.63, 3.8) is 0 Å². The highest BCUT2D eigenvalue weighted by atomic mass is 19.1. The Morgan fingerprint density at radius 3 is 3.07 bits per heavy atom. The molecule has 3 nitrogen and oxygen atoms in total. The molecule has 2 N–H and O–H groups in total. The third-order valence-corrected chi connectivity index (χ3v) is 2.36.